The van der Waals surface area contributed by atoms with Crippen molar-refractivity contribution in [2.75, 3.05) is 6.26 Å². The number of nitrogens with one attached hydrogen (secondary N) is 1. The number of aromatic carboxylic acids is 1. The second-order valence-corrected chi connectivity index (χ2v) is 3.15. The van der Waals surface area contributed by atoms with Crippen molar-refractivity contribution in [1.29, 1.82) is 0 Å². The van der Waals surface area contributed by atoms with Crippen LogP contribution < -0.4 is 5.69 Å². The summed E-state index contributed by atoms with van der Waals surface area (Å²) in [5.41, 5.74) is -0.129. The monoisotopic (exact) mass is 200 g/mol. The van der Waals surface area contributed by atoms with Gasteiger partial charge in [0.1, 0.15) is 10.6 Å². The highest BCUT2D eigenvalue weighted by molar-refractivity contribution is 7.98. The highest BCUT2D eigenvalue weighted by Crippen LogP contribution is 2.17. The number of aromatic nitrogens is 2. The molecule has 0 aromatic carbocycles. The number of carbonyl (C=O) groups is 1. The first-order valence-corrected chi connectivity index (χ1v) is 4.67. The van der Waals surface area contributed by atoms with E-state index in [0.29, 0.717) is 5.69 Å². The van der Waals surface area contributed by atoms with Crippen LogP contribution in [0.25, 0.3) is 0 Å². The Morgan fingerprint density at radius 2 is 2.23 bits per heavy atom. The van der Waals surface area contributed by atoms with Gasteiger partial charge in [-0.2, -0.15) is 4.98 Å². The maximum atomic E-state index is 10.9. The van der Waals surface area contributed by atoms with Gasteiger partial charge in [-0.1, -0.05) is 0 Å². The number of aryl methyl sites for hydroxylation is 1. The van der Waals surface area contributed by atoms with Crippen LogP contribution in [-0.2, 0) is 0 Å². The van der Waals surface area contributed by atoms with Gasteiger partial charge in [0, 0.05) is 5.69 Å². The number of H-pyrrole nitrogens is 1. The number of hydrogen-bond acceptors (Lipinski definition) is 4. The quantitative estimate of drug-likeness (QED) is 0.536. The van der Waals surface area contributed by atoms with Crippen LogP contribution in [0.4, 0.5) is 0 Å². The van der Waals surface area contributed by atoms with Crippen LogP contribution in [0.1, 0.15) is 16.1 Å². The Morgan fingerprint density at radius 1 is 1.62 bits per heavy atom. The summed E-state index contributed by atoms with van der Waals surface area (Å²) in [5, 5.41) is 9.04. The number of nitrogens with zero attached hydrogens (tertiary/aromatic N) is 1. The molecule has 5 nitrogen and oxygen atoms in total. The third kappa shape index (κ3) is 1.89. The molecule has 0 radical (unpaired) electrons. The van der Waals surface area contributed by atoms with Crippen molar-refractivity contribution in [1.82, 2.24) is 9.97 Å². The average Bonchev–Trinajstić information content (AvgIpc) is 2.01. The first-order valence-electron chi connectivity index (χ1n) is 3.44. The zero-order valence-electron chi connectivity index (χ0n) is 7.12. The molecule has 1 aromatic heterocycles. The number of aromatic amines is 1. The van der Waals surface area contributed by atoms with Crippen molar-refractivity contribution >= 4 is 17.7 Å². The van der Waals surface area contributed by atoms with Gasteiger partial charge in [0.15, 0.2) is 0 Å². The summed E-state index contributed by atoms with van der Waals surface area (Å²) in [4.78, 5) is 27.5. The number of hydrogen-bond donors (Lipinski definition) is 2. The van der Waals surface area contributed by atoms with Crippen LogP contribution in [0.3, 0.4) is 0 Å². The summed E-state index contributed by atoms with van der Waals surface area (Å²) in [6.07, 6.45) is 1.67. The molecule has 0 aliphatic heterocycles. The molecule has 0 aliphatic carbocycles. The minimum Gasteiger partial charge on any atom is -0.478 e. The molecule has 70 valence electrons. The molecule has 0 saturated carbocycles. The smallest absolute Gasteiger partial charge is 0.346 e. The van der Waals surface area contributed by atoms with Crippen molar-refractivity contribution in [3.8, 4) is 0 Å². The van der Waals surface area contributed by atoms with Crippen LogP contribution in [0.5, 0.6) is 0 Å². The fourth-order valence-corrected chi connectivity index (χ4v) is 1.58. The molecule has 2 N–H and O–H groups in total. The Balaban J connectivity index is 3.47. The van der Waals surface area contributed by atoms with Gasteiger partial charge < -0.3 is 10.1 Å². The van der Waals surface area contributed by atoms with Crippen LogP contribution in [0.2, 0.25) is 0 Å². The highest BCUT2D eigenvalue weighted by atomic mass is 32.2. The normalized spacial score (nSPS) is 10.0. The fourth-order valence-electron chi connectivity index (χ4n) is 0.959. The predicted molar refractivity (Wildman–Crippen MR) is 48.3 cm³/mol. The lowest BCUT2D eigenvalue weighted by atomic mass is 10.2. The molecule has 0 unspecified atom stereocenters. The van der Waals surface area contributed by atoms with E-state index in [1.54, 1.807) is 6.26 Å². The third-order valence-corrected chi connectivity index (χ3v) is 2.18. The lowest BCUT2D eigenvalue weighted by Crippen LogP contribution is -2.17. The van der Waals surface area contributed by atoms with E-state index in [1.807, 2.05) is 0 Å². The van der Waals surface area contributed by atoms with Gasteiger partial charge in [-0.25, -0.2) is 9.59 Å². The van der Waals surface area contributed by atoms with Gasteiger partial charge in [-0.15, -0.1) is 11.8 Å². The highest BCUT2D eigenvalue weighted by Gasteiger charge is 2.15. The predicted octanol–water partition coefficient (Wildman–Crippen LogP) is 0.498. The summed E-state index contributed by atoms with van der Waals surface area (Å²) >= 11 is 1.14. The first kappa shape index (κ1) is 9.79. The number of thioether (sulfide) groups is 1. The zero-order valence-corrected chi connectivity index (χ0v) is 7.94. The molecule has 0 spiro atoms. The van der Waals surface area contributed by atoms with Gasteiger partial charge in [-0.05, 0) is 13.2 Å². The summed E-state index contributed by atoms with van der Waals surface area (Å²) in [5.74, 6) is -1.08. The molecule has 1 heterocycles. The Bertz CT molecular complexity index is 399. The molecule has 6 heteroatoms. The largest absolute Gasteiger partial charge is 0.478 e. The van der Waals surface area contributed by atoms with E-state index >= 15 is 0 Å². The van der Waals surface area contributed by atoms with Crippen LogP contribution in [-0.4, -0.2) is 27.3 Å². The van der Waals surface area contributed by atoms with Gasteiger partial charge in [0.25, 0.3) is 0 Å². The van der Waals surface area contributed by atoms with Crippen molar-refractivity contribution in [3.05, 3.63) is 21.7 Å². The van der Waals surface area contributed by atoms with E-state index in [9.17, 15) is 9.59 Å². The summed E-state index contributed by atoms with van der Waals surface area (Å²) in [6, 6.07) is 0. The van der Waals surface area contributed by atoms with Crippen molar-refractivity contribution in [2.45, 2.75) is 11.9 Å². The van der Waals surface area contributed by atoms with Gasteiger partial charge in [0.05, 0.1) is 0 Å². The molecule has 0 amide bonds. The summed E-state index contributed by atoms with van der Waals surface area (Å²) in [6.45, 7) is 1.53. The molecule has 0 saturated heterocycles. The third-order valence-electron chi connectivity index (χ3n) is 1.49. The molecular formula is C7H8N2O3S. The zero-order chi connectivity index (χ0) is 10.0. The Labute approximate surface area is 78.2 Å². The minimum atomic E-state index is -1.08. The van der Waals surface area contributed by atoms with Crippen molar-refractivity contribution in [2.24, 2.45) is 0 Å². The standard InChI is InChI=1S/C7H8N2O3S/c1-3-4(6(10)11)5(13-2)9-7(12)8-3/h1-2H3,(H,10,11)(H,8,9,12). The van der Waals surface area contributed by atoms with E-state index < -0.39 is 11.7 Å². The Kier molecular flexibility index (Phi) is 2.72. The summed E-state index contributed by atoms with van der Waals surface area (Å²) in [7, 11) is 0. The molecule has 0 fully saturated rings. The number of carboxylic acid groups (broad SMARTS) is 1. The lowest BCUT2D eigenvalue weighted by Gasteiger charge is -2.03. The molecule has 13 heavy (non-hydrogen) atoms. The average molecular weight is 200 g/mol. The van der Waals surface area contributed by atoms with Crippen LogP contribution in [0.15, 0.2) is 9.82 Å². The SMILES string of the molecule is CSc1nc(=O)[nH]c(C)c1C(=O)O. The maximum absolute atomic E-state index is 10.9. The number of rotatable bonds is 2. The van der Waals surface area contributed by atoms with Crippen molar-refractivity contribution in [3.63, 3.8) is 0 Å². The molecule has 0 aliphatic rings. The molecule has 1 rings (SSSR count). The summed E-state index contributed by atoms with van der Waals surface area (Å²) < 4.78 is 0. The molecular weight excluding hydrogens is 192 g/mol. The molecule has 0 atom stereocenters. The fraction of sp³-hybridized carbons (Fsp3) is 0.286. The Morgan fingerprint density at radius 3 is 2.69 bits per heavy atom. The van der Waals surface area contributed by atoms with E-state index in [2.05, 4.69) is 9.97 Å². The number of carboxylic acids is 1. The molecule has 1 aromatic rings. The van der Waals surface area contributed by atoms with Gasteiger partial charge >= 0.3 is 11.7 Å². The second-order valence-electron chi connectivity index (χ2n) is 2.36. The van der Waals surface area contributed by atoms with E-state index in [4.69, 9.17) is 5.11 Å². The maximum Gasteiger partial charge on any atom is 0.346 e. The topological polar surface area (TPSA) is 83.0 Å². The van der Waals surface area contributed by atoms with Crippen molar-refractivity contribution < 1.29 is 9.90 Å². The van der Waals surface area contributed by atoms with E-state index in [0.717, 1.165) is 11.8 Å². The minimum absolute atomic E-state index is 0.0621. The van der Waals surface area contributed by atoms with E-state index in [-0.39, 0.29) is 10.6 Å². The molecule has 0 bridgehead atoms. The second kappa shape index (κ2) is 3.61. The first-order chi connectivity index (χ1) is 6.06. The Hall–Kier alpha value is -1.30. The van der Waals surface area contributed by atoms with E-state index in [1.165, 1.54) is 6.92 Å². The van der Waals surface area contributed by atoms with Crippen LogP contribution in [0, 0.1) is 6.92 Å². The lowest BCUT2D eigenvalue weighted by molar-refractivity contribution is 0.0690. The van der Waals surface area contributed by atoms with Gasteiger partial charge in [-0.3, -0.25) is 0 Å². The van der Waals surface area contributed by atoms with Crippen LogP contribution >= 0.6 is 11.8 Å². The van der Waals surface area contributed by atoms with Gasteiger partial charge in [0.2, 0.25) is 0 Å².